The quantitative estimate of drug-likeness (QED) is 0.476. The molecule has 0 radical (unpaired) electrons. The van der Waals surface area contributed by atoms with Gasteiger partial charge in [0.25, 0.3) is 5.56 Å². The lowest BCUT2D eigenvalue weighted by Gasteiger charge is -2.12. The van der Waals surface area contributed by atoms with Crippen molar-refractivity contribution in [3.63, 3.8) is 0 Å². The molecule has 1 N–H and O–H groups in total. The molecule has 5 aromatic rings. The van der Waals surface area contributed by atoms with Crippen LogP contribution < -0.4 is 15.0 Å². The van der Waals surface area contributed by atoms with Crippen LogP contribution in [0.3, 0.4) is 0 Å². The number of thiophene rings is 1. The molecular formula is C21H15N5O3S. The number of aromatic amines is 1. The second-order valence-corrected chi connectivity index (χ2v) is 7.47. The van der Waals surface area contributed by atoms with Gasteiger partial charge in [-0.3, -0.25) is 9.78 Å². The van der Waals surface area contributed by atoms with Crippen molar-refractivity contribution in [2.45, 2.75) is 0 Å². The fraction of sp³-hybridized carbons (Fsp3) is 0.0952. The summed E-state index contributed by atoms with van der Waals surface area (Å²) >= 11 is 1.29. The highest BCUT2D eigenvalue weighted by molar-refractivity contribution is 7.25. The van der Waals surface area contributed by atoms with Crippen LogP contribution in [0.1, 0.15) is 0 Å². The number of pyridine rings is 2. The van der Waals surface area contributed by atoms with Crippen LogP contribution in [0.15, 0.2) is 53.6 Å². The van der Waals surface area contributed by atoms with Crippen molar-refractivity contribution >= 4 is 31.8 Å². The highest BCUT2D eigenvalue weighted by Crippen LogP contribution is 2.41. The van der Waals surface area contributed by atoms with Crippen LogP contribution in [0.25, 0.3) is 42.8 Å². The molecule has 5 rings (SSSR count). The normalized spacial score (nSPS) is 11.1. The first kappa shape index (κ1) is 18.2. The lowest BCUT2D eigenvalue weighted by molar-refractivity contribution is 0.355. The van der Waals surface area contributed by atoms with E-state index >= 15 is 0 Å². The van der Waals surface area contributed by atoms with Gasteiger partial charge in [-0.15, -0.1) is 16.4 Å². The Morgan fingerprint density at radius 2 is 1.90 bits per heavy atom. The fourth-order valence-corrected chi connectivity index (χ4v) is 4.42. The van der Waals surface area contributed by atoms with Gasteiger partial charge in [-0.25, -0.2) is 10.1 Å². The molecule has 4 aromatic heterocycles. The second kappa shape index (κ2) is 7.20. The van der Waals surface area contributed by atoms with Crippen LogP contribution in [0.2, 0.25) is 0 Å². The van der Waals surface area contributed by atoms with Gasteiger partial charge in [-0.2, -0.15) is 0 Å². The standard InChI is InChI=1S/C21H15N5O3S/c1-28-15-6-5-11(8-16(15)29-2)13-9-14(12-4-3-7-22-10-12)23-21-17(13)18-19(30-21)20(27)25-26-24-18/h3-10H,1-2H3,(H,24,25,27). The molecule has 30 heavy (non-hydrogen) atoms. The fourth-order valence-electron chi connectivity index (χ4n) is 3.40. The number of nitrogens with one attached hydrogen (secondary N) is 1. The van der Waals surface area contributed by atoms with Crippen molar-refractivity contribution in [1.82, 2.24) is 25.4 Å². The predicted molar refractivity (Wildman–Crippen MR) is 115 cm³/mol. The Bertz CT molecular complexity index is 1450. The minimum atomic E-state index is -0.288. The van der Waals surface area contributed by atoms with Gasteiger partial charge < -0.3 is 9.47 Å². The molecule has 1 aromatic carbocycles. The van der Waals surface area contributed by atoms with Crippen molar-refractivity contribution in [3.8, 4) is 33.9 Å². The average Bonchev–Trinajstić information content (AvgIpc) is 3.18. The first-order valence-corrected chi connectivity index (χ1v) is 9.82. The average molecular weight is 417 g/mol. The van der Waals surface area contributed by atoms with Gasteiger partial charge in [0, 0.05) is 23.3 Å². The number of rotatable bonds is 4. The van der Waals surface area contributed by atoms with Gasteiger partial charge in [0.2, 0.25) is 0 Å². The zero-order valence-electron chi connectivity index (χ0n) is 16.0. The van der Waals surface area contributed by atoms with E-state index in [2.05, 4.69) is 20.4 Å². The van der Waals surface area contributed by atoms with Gasteiger partial charge >= 0.3 is 0 Å². The Labute approximate surface area is 174 Å². The Kier molecular flexibility index (Phi) is 4.36. The third kappa shape index (κ3) is 2.87. The van der Waals surface area contributed by atoms with Crippen LogP contribution in [0.4, 0.5) is 0 Å². The van der Waals surface area contributed by atoms with E-state index in [0.717, 1.165) is 27.8 Å². The maximum atomic E-state index is 12.3. The lowest BCUT2D eigenvalue weighted by atomic mass is 10.00. The van der Waals surface area contributed by atoms with Crippen molar-refractivity contribution < 1.29 is 9.47 Å². The van der Waals surface area contributed by atoms with Crippen molar-refractivity contribution in [3.05, 3.63) is 59.1 Å². The molecule has 0 unspecified atom stereocenters. The molecule has 0 bridgehead atoms. The molecule has 148 valence electrons. The molecule has 4 heterocycles. The number of ether oxygens (including phenoxy) is 2. The molecular weight excluding hydrogens is 402 g/mol. The minimum absolute atomic E-state index is 0.288. The third-order valence-electron chi connectivity index (χ3n) is 4.80. The third-order valence-corrected chi connectivity index (χ3v) is 5.87. The Balaban J connectivity index is 1.88. The predicted octanol–water partition coefficient (Wildman–Crippen LogP) is 3.67. The van der Waals surface area contributed by atoms with E-state index in [9.17, 15) is 4.79 Å². The number of benzene rings is 1. The number of H-pyrrole nitrogens is 1. The first-order valence-electron chi connectivity index (χ1n) is 9.01. The molecule has 0 saturated heterocycles. The minimum Gasteiger partial charge on any atom is -0.493 e. The van der Waals surface area contributed by atoms with E-state index in [1.54, 1.807) is 26.6 Å². The molecule has 0 fully saturated rings. The van der Waals surface area contributed by atoms with E-state index < -0.39 is 0 Å². The summed E-state index contributed by atoms with van der Waals surface area (Å²) in [7, 11) is 3.19. The number of methoxy groups -OCH3 is 2. The van der Waals surface area contributed by atoms with E-state index in [0.29, 0.717) is 26.5 Å². The molecule has 9 heteroatoms. The smallest absolute Gasteiger partial charge is 0.285 e. The van der Waals surface area contributed by atoms with E-state index in [-0.39, 0.29) is 5.56 Å². The molecule has 0 aliphatic heterocycles. The molecule has 0 aliphatic rings. The molecule has 0 aliphatic carbocycles. The summed E-state index contributed by atoms with van der Waals surface area (Å²) in [6.07, 6.45) is 3.47. The number of fused-ring (bicyclic) bond motifs is 3. The maximum Gasteiger partial charge on any atom is 0.285 e. The number of nitrogens with zero attached hydrogens (tertiary/aromatic N) is 4. The topological polar surface area (TPSA) is 103 Å². The van der Waals surface area contributed by atoms with Crippen LogP contribution >= 0.6 is 11.3 Å². The van der Waals surface area contributed by atoms with Crippen molar-refractivity contribution in [2.24, 2.45) is 0 Å². The summed E-state index contributed by atoms with van der Waals surface area (Å²) in [6, 6.07) is 11.4. The summed E-state index contributed by atoms with van der Waals surface area (Å²) in [5.41, 5.74) is 3.60. The summed E-state index contributed by atoms with van der Waals surface area (Å²) < 4.78 is 11.3. The van der Waals surface area contributed by atoms with E-state index in [4.69, 9.17) is 14.5 Å². The van der Waals surface area contributed by atoms with Crippen LogP contribution in [-0.2, 0) is 0 Å². The molecule has 0 atom stereocenters. The lowest BCUT2D eigenvalue weighted by Crippen LogP contribution is -2.07. The first-order chi connectivity index (χ1) is 14.7. The van der Waals surface area contributed by atoms with Crippen LogP contribution in [-0.4, -0.2) is 39.6 Å². The van der Waals surface area contributed by atoms with Crippen LogP contribution in [0.5, 0.6) is 11.5 Å². The van der Waals surface area contributed by atoms with Gasteiger partial charge in [0.15, 0.2) is 11.5 Å². The van der Waals surface area contributed by atoms with Crippen LogP contribution in [0, 0.1) is 0 Å². The highest BCUT2D eigenvalue weighted by Gasteiger charge is 2.19. The number of hydrogen-bond acceptors (Lipinski definition) is 8. The summed E-state index contributed by atoms with van der Waals surface area (Å²) in [5, 5.41) is 11.1. The number of hydrogen-bond donors (Lipinski definition) is 1. The molecule has 8 nitrogen and oxygen atoms in total. The number of aromatic nitrogens is 5. The zero-order chi connectivity index (χ0) is 20.7. The summed E-state index contributed by atoms with van der Waals surface area (Å²) in [4.78, 5) is 22.0. The van der Waals surface area contributed by atoms with E-state index in [1.165, 1.54) is 11.3 Å². The summed E-state index contributed by atoms with van der Waals surface area (Å²) in [6.45, 7) is 0. The van der Waals surface area contributed by atoms with Gasteiger partial charge in [0.1, 0.15) is 15.0 Å². The molecule has 0 spiro atoms. The van der Waals surface area contributed by atoms with Crippen molar-refractivity contribution in [1.29, 1.82) is 0 Å². The molecule has 0 amide bonds. The van der Waals surface area contributed by atoms with E-state index in [1.807, 2.05) is 36.4 Å². The highest BCUT2D eigenvalue weighted by atomic mass is 32.1. The maximum absolute atomic E-state index is 12.3. The SMILES string of the molecule is COc1ccc(-c2cc(-c3cccnc3)nc3sc4c(=O)[nH]nnc4c23)cc1OC. The van der Waals surface area contributed by atoms with Gasteiger partial charge in [-0.05, 0) is 41.5 Å². The second-order valence-electron chi connectivity index (χ2n) is 6.47. The van der Waals surface area contributed by atoms with Gasteiger partial charge in [0.05, 0.1) is 19.9 Å². The summed E-state index contributed by atoms with van der Waals surface area (Å²) in [5.74, 6) is 1.23. The Morgan fingerprint density at radius 1 is 1.03 bits per heavy atom. The Morgan fingerprint density at radius 3 is 2.67 bits per heavy atom. The molecule has 0 saturated carbocycles. The zero-order valence-corrected chi connectivity index (χ0v) is 16.9. The van der Waals surface area contributed by atoms with Gasteiger partial charge in [-0.1, -0.05) is 11.3 Å². The largest absolute Gasteiger partial charge is 0.493 e. The van der Waals surface area contributed by atoms with Crippen molar-refractivity contribution in [2.75, 3.05) is 14.2 Å². The Hall–Kier alpha value is -3.85. The monoisotopic (exact) mass is 417 g/mol.